The van der Waals surface area contributed by atoms with Gasteiger partial charge in [-0.15, -0.1) is 0 Å². The second-order valence-corrected chi connectivity index (χ2v) is 5.28. The number of ether oxygens (including phenoxy) is 1. The SMILES string of the molecule is Cc1cccc(CBr)c1OCCc1ccc([N+](=O)[O-])cc1. The Bertz CT molecular complexity index is 626. The van der Waals surface area contributed by atoms with E-state index in [2.05, 4.69) is 15.9 Å². The monoisotopic (exact) mass is 349 g/mol. The van der Waals surface area contributed by atoms with E-state index in [9.17, 15) is 10.1 Å². The number of hydrogen-bond donors (Lipinski definition) is 0. The summed E-state index contributed by atoms with van der Waals surface area (Å²) in [6.45, 7) is 2.57. The van der Waals surface area contributed by atoms with Crippen LogP contribution < -0.4 is 4.74 Å². The van der Waals surface area contributed by atoms with Gasteiger partial charge in [-0.25, -0.2) is 0 Å². The molecule has 2 aromatic carbocycles. The molecule has 0 aliphatic carbocycles. The van der Waals surface area contributed by atoms with Gasteiger partial charge in [0.05, 0.1) is 11.5 Å². The van der Waals surface area contributed by atoms with Crippen LogP contribution in [0.1, 0.15) is 16.7 Å². The number of hydrogen-bond acceptors (Lipinski definition) is 3. The summed E-state index contributed by atoms with van der Waals surface area (Å²) in [5.74, 6) is 0.913. The van der Waals surface area contributed by atoms with Gasteiger partial charge in [0.1, 0.15) is 5.75 Å². The van der Waals surface area contributed by atoms with Gasteiger partial charge in [0.25, 0.3) is 5.69 Å². The first-order chi connectivity index (χ1) is 10.1. The average Bonchev–Trinajstić information content (AvgIpc) is 2.49. The first-order valence-corrected chi connectivity index (χ1v) is 7.74. The maximum atomic E-state index is 10.6. The molecule has 4 nitrogen and oxygen atoms in total. The van der Waals surface area contributed by atoms with Gasteiger partial charge in [0.2, 0.25) is 0 Å². The average molecular weight is 350 g/mol. The molecule has 0 radical (unpaired) electrons. The Morgan fingerprint density at radius 1 is 1.19 bits per heavy atom. The van der Waals surface area contributed by atoms with Gasteiger partial charge >= 0.3 is 0 Å². The van der Waals surface area contributed by atoms with Crippen molar-refractivity contribution in [2.45, 2.75) is 18.7 Å². The van der Waals surface area contributed by atoms with Crippen LogP contribution in [0.2, 0.25) is 0 Å². The highest BCUT2D eigenvalue weighted by atomic mass is 79.9. The van der Waals surface area contributed by atoms with Crippen molar-refractivity contribution in [2.24, 2.45) is 0 Å². The van der Waals surface area contributed by atoms with Crippen LogP contribution in [0.4, 0.5) is 5.69 Å². The van der Waals surface area contributed by atoms with Crippen LogP contribution in [0.5, 0.6) is 5.75 Å². The highest BCUT2D eigenvalue weighted by Crippen LogP contribution is 2.25. The third kappa shape index (κ3) is 4.04. The Kier molecular flexibility index (Phi) is 5.33. The number of nitro benzene ring substituents is 1. The lowest BCUT2D eigenvalue weighted by Crippen LogP contribution is -2.04. The molecular formula is C16H16BrNO3. The largest absolute Gasteiger partial charge is 0.493 e. The minimum Gasteiger partial charge on any atom is -0.493 e. The predicted octanol–water partition coefficient (Wildman–Crippen LogP) is 4.42. The van der Waals surface area contributed by atoms with Crippen LogP contribution in [0.25, 0.3) is 0 Å². The van der Waals surface area contributed by atoms with Gasteiger partial charge in [-0.3, -0.25) is 10.1 Å². The Labute approximate surface area is 132 Å². The fourth-order valence-corrected chi connectivity index (χ4v) is 2.52. The summed E-state index contributed by atoms with van der Waals surface area (Å²) in [4.78, 5) is 10.2. The Balaban J connectivity index is 1.97. The van der Waals surface area contributed by atoms with Gasteiger partial charge in [0, 0.05) is 29.4 Å². The van der Waals surface area contributed by atoms with Crippen LogP contribution in [0.15, 0.2) is 42.5 Å². The number of alkyl halides is 1. The van der Waals surface area contributed by atoms with E-state index in [0.717, 1.165) is 27.8 Å². The molecule has 0 N–H and O–H groups in total. The maximum Gasteiger partial charge on any atom is 0.269 e. The summed E-state index contributed by atoms with van der Waals surface area (Å²) >= 11 is 3.46. The molecular weight excluding hydrogens is 334 g/mol. The van der Waals surface area contributed by atoms with Gasteiger partial charge in [-0.05, 0) is 18.1 Å². The second kappa shape index (κ2) is 7.22. The molecule has 2 aromatic rings. The number of para-hydroxylation sites is 1. The summed E-state index contributed by atoms with van der Waals surface area (Å²) < 4.78 is 5.88. The normalized spacial score (nSPS) is 10.4. The van der Waals surface area contributed by atoms with Crippen molar-refractivity contribution in [3.8, 4) is 5.75 Å². The van der Waals surface area contributed by atoms with E-state index in [4.69, 9.17) is 4.74 Å². The molecule has 0 bridgehead atoms. The Hall–Kier alpha value is -1.88. The quantitative estimate of drug-likeness (QED) is 0.440. The lowest BCUT2D eigenvalue weighted by atomic mass is 10.1. The molecule has 0 fully saturated rings. The molecule has 21 heavy (non-hydrogen) atoms. The molecule has 0 aromatic heterocycles. The molecule has 0 aliphatic heterocycles. The highest BCUT2D eigenvalue weighted by molar-refractivity contribution is 9.08. The Morgan fingerprint density at radius 3 is 2.52 bits per heavy atom. The lowest BCUT2D eigenvalue weighted by molar-refractivity contribution is -0.384. The van der Waals surface area contributed by atoms with E-state index in [-0.39, 0.29) is 5.69 Å². The molecule has 0 saturated heterocycles. The molecule has 0 heterocycles. The molecule has 2 rings (SSSR count). The first kappa shape index (κ1) is 15.5. The van der Waals surface area contributed by atoms with Crippen molar-refractivity contribution in [2.75, 3.05) is 6.61 Å². The van der Waals surface area contributed by atoms with E-state index in [0.29, 0.717) is 13.0 Å². The lowest BCUT2D eigenvalue weighted by Gasteiger charge is -2.12. The fourth-order valence-electron chi connectivity index (χ4n) is 2.08. The van der Waals surface area contributed by atoms with Crippen molar-refractivity contribution in [3.05, 3.63) is 69.3 Å². The summed E-state index contributed by atoms with van der Waals surface area (Å²) in [5, 5.41) is 11.3. The van der Waals surface area contributed by atoms with Crippen molar-refractivity contribution >= 4 is 21.6 Å². The van der Waals surface area contributed by atoms with Crippen molar-refractivity contribution in [1.82, 2.24) is 0 Å². The van der Waals surface area contributed by atoms with Gasteiger partial charge in [-0.2, -0.15) is 0 Å². The number of halogens is 1. The third-order valence-electron chi connectivity index (χ3n) is 3.22. The molecule has 0 amide bonds. The van der Waals surface area contributed by atoms with E-state index in [1.807, 2.05) is 25.1 Å². The first-order valence-electron chi connectivity index (χ1n) is 6.62. The van der Waals surface area contributed by atoms with Crippen LogP contribution in [-0.2, 0) is 11.8 Å². The number of nitro groups is 1. The van der Waals surface area contributed by atoms with E-state index >= 15 is 0 Å². The predicted molar refractivity (Wildman–Crippen MR) is 86.1 cm³/mol. The molecule has 0 atom stereocenters. The van der Waals surface area contributed by atoms with E-state index in [1.54, 1.807) is 12.1 Å². The van der Waals surface area contributed by atoms with Crippen molar-refractivity contribution in [3.63, 3.8) is 0 Å². The number of benzene rings is 2. The molecule has 5 heteroatoms. The standard InChI is InChI=1S/C16H16BrNO3/c1-12-3-2-4-14(11-17)16(12)21-10-9-13-5-7-15(8-6-13)18(19)20/h2-8H,9-11H2,1H3. The topological polar surface area (TPSA) is 52.4 Å². The smallest absolute Gasteiger partial charge is 0.269 e. The zero-order valence-electron chi connectivity index (χ0n) is 11.7. The van der Waals surface area contributed by atoms with Crippen LogP contribution in [0.3, 0.4) is 0 Å². The van der Waals surface area contributed by atoms with E-state index < -0.39 is 4.92 Å². The molecule has 0 saturated carbocycles. The maximum absolute atomic E-state index is 10.6. The molecule has 110 valence electrons. The zero-order chi connectivity index (χ0) is 15.2. The Morgan fingerprint density at radius 2 is 1.90 bits per heavy atom. The van der Waals surface area contributed by atoms with Crippen molar-refractivity contribution < 1.29 is 9.66 Å². The summed E-state index contributed by atoms with van der Waals surface area (Å²) in [7, 11) is 0. The zero-order valence-corrected chi connectivity index (χ0v) is 13.3. The summed E-state index contributed by atoms with van der Waals surface area (Å²) in [6, 6.07) is 12.6. The number of aryl methyl sites for hydroxylation is 1. The molecule has 0 unspecified atom stereocenters. The number of rotatable bonds is 6. The minimum atomic E-state index is -0.393. The highest BCUT2D eigenvalue weighted by Gasteiger charge is 2.07. The summed E-state index contributed by atoms with van der Waals surface area (Å²) in [6.07, 6.45) is 0.716. The van der Waals surface area contributed by atoms with Crippen molar-refractivity contribution in [1.29, 1.82) is 0 Å². The molecule has 0 aliphatic rings. The number of non-ortho nitro benzene ring substituents is 1. The summed E-state index contributed by atoms with van der Waals surface area (Å²) in [5.41, 5.74) is 3.36. The third-order valence-corrected chi connectivity index (χ3v) is 3.83. The molecule has 0 spiro atoms. The van der Waals surface area contributed by atoms with Crippen LogP contribution >= 0.6 is 15.9 Å². The van der Waals surface area contributed by atoms with Crippen LogP contribution in [-0.4, -0.2) is 11.5 Å². The second-order valence-electron chi connectivity index (χ2n) is 4.72. The van der Waals surface area contributed by atoms with Gasteiger partial charge in [0.15, 0.2) is 0 Å². The van der Waals surface area contributed by atoms with Crippen LogP contribution in [0, 0.1) is 17.0 Å². The van der Waals surface area contributed by atoms with Gasteiger partial charge < -0.3 is 4.74 Å². The number of nitrogens with zero attached hydrogens (tertiary/aromatic N) is 1. The van der Waals surface area contributed by atoms with E-state index in [1.165, 1.54) is 12.1 Å². The minimum absolute atomic E-state index is 0.111. The fraction of sp³-hybridized carbons (Fsp3) is 0.250. The van der Waals surface area contributed by atoms with Gasteiger partial charge in [-0.1, -0.05) is 46.3 Å².